The number of hydrogen-bond acceptors (Lipinski definition) is 4. The number of benzene rings is 1. The lowest BCUT2D eigenvalue weighted by Crippen LogP contribution is -2.20. The van der Waals surface area contributed by atoms with Gasteiger partial charge in [0, 0.05) is 29.0 Å². The van der Waals surface area contributed by atoms with Crippen LogP contribution in [0.1, 0.15) is 6.92 Å². The van der Waals surface area contributed by atoms with Gasteiger partial charge >= 0.3 is 5.97 Å². The molecule has 0 fully saturated rings. The maximum absolute atomic E-state index is 10.7. The number of anilines is 1. The number of nitrogens with zero attached hydrogens (tertiary/aromatic N) is 2. The molecule has 0 aliphatic rings. The lowest BCUT2D eigenvalue weighted by atomic mass is 10.1. The van der Waals surface area contributed by atoms with Crippen LogP contribution in [0.25, 0.3) is 11.1 Å². The maximum Gasteiger partial charge on any atom is 0.308 e. The molecule has 0 saturated carbocycles. The number of aliphatic carboxylic acids is 1. The van der Waals surface area contributed by atoms with E-state index in [0.717, 1.165) is 15.6 Å². The van der Waals surface area contributed by atoms with E-state index >= 15 is 0 Å². The summed E-state index contributed by atoms with van der Waals surface area (Å²) in [7, 11) is 0. The fourth-order valence-corrected chi connectivity index (χ4v) is 1.97. The van der Waals surface area contributed by atoms with Gasteiger partial charge < -0.3 is 10.4 Å². The molecule has 5 nitrogen and oxygen atoms in total. The van der Waals surface area contributed by atoms with E-state index in [1.165, 1.54) is 0 Å². The van der Waals surface area contributed by atoms with E-state index in [-0.39, 0.29) is 0 Å². The van der Waals surface area contributed by atoms with Crippen molar-refractivity contribution in [1.29, 1.82) is 0 Å². The lowest BCUT2D eigenvalue weighted by molar-refractivity contribution is -0.140. The second-order valence-corrected chi connectivity index (χ2v) is 5.34. The van der Waals surface area contributed by atoms with Gasteiger partial charge in [0.2, 0.25) is 5.95 Å². The summed E-state index contributed by atoms with van der Waals surface area (Å²) in [5.41, 5.74) is 1.92. The van der Waals surface area contributed by atoms with Crippen molar-refractivity contribution < 1.29 is 9.90 Å². The number of hydrogen-bond donors (Lipinski definition) is 2. The Bertz CT molecular complexity index is 602. The number of aromatic nitrogens is 2. The fourth-order valence-electron chi connectivity index (χ4n) is 1.57. The SMILES string of the molecule is CC(CNc1ncc(-c2cccc(Br)c2)cn1)C(=O)O. The minimum Gasteiger partial charge on any atom is -0.481 e. The number of carbonyl (C=O) groups is 1. The van der Waals surface area contributed by atoms with E-state index in [1.807, 2.05) is 24.3 Å². The molecular weight excluding hydrogens is 322 g/mol. The Kier molecular flexibility index (Phi) is 4.68. The number of nitrogens with one attached hydrogen (secondary N) is 1. The van der Waals surface area contributed by atoms with Gasteiger partial charge in [0.15, 0.2) is 0 Å². The summed E-state index contributed by atoms with van der Waals surface area (Å²) in [5.74, 6) is -0.900. The summed E-state index contributed by atoms with van der Waals surface area (Å²) >= 11 is 3.42. The molecule has 1 aromatic heterocycles. The van der Waals surface area contributed by atoms with E-state index < -0.39 is 11.9 Å². The van der Waals surface area contributed by atoms with Gasteiger partial charge in [0.25, 0.3) is 0 Å². The molecule has 1 atom stereocenters. The Morgan fingerprint density at radius 3 is 2.65 bits per heavy atom. The summed E-state index contributed by atoms with van der Waals surface area (Å²) < 4.78 is 0.993. The Morgan fingerprint density at radius 1 is 1.35 bits per heavy atom. The average Bonchev–Trinajstić information content (AvgIpc) is 2.45. The molecule has 0 amide bonds. The zero-order valence-electron chi connectivity index (χ0n) is 10.9. The van der Waals surface area contributed by atoms with Crippen LogP contribution < -0.4 is 5.32 Å². The first-order valence-corrected chi connectivity index (χ1v) is 6.90. The lowest BCUT2D eigenvalue weighted by Gasteiger charge is -2.08. The Labute approximate surface area is 125 Å². The second-order valence-electron chi connectivity index (χ2n) is 4.43. The molecule has 0 bridgehead atoms. The van der Waals surface area contributed by atoms with Crippen LogP contribution in [-0.4, -0.2) is 27.6 Å². The van der Waals surface area contributed by atoms with E-state index in [0.29, 0.717) is 12.5 Å². The third kappa shape index (κ3) is 3.77. The molecule has 1 unspecified atom stereocenters. The molecule has 6 heteroatoms. The number of carboxylic acids is 1. The van der Waals surface area contributed by atoms with Crippen molar-refractivity contribution in [2.75, 3.05) is 11.9 Å². The quantitative estimate of drug-likeness (QED) is 0.878. The summed E-state index contributed by atoms with van der Waals surface area (Å²) in [4.78, 5) is 19.1. The van der Waals surface area contributed by atoms with Crippen LogP contribution in [0.3, 0.4) is 0 Å². The van der Waals surface area contributed by atoms with Crippen molar-refractivity contribution in [1.82, 2.24) is 9.97 Å². The fraction of sp³-hybridized carbons (Fsp3) is 0.214. The molecule has 0 aliphatic heterocycles. The normalized spacial score (nSPS) is 11.9. The van der Waals surface area contributed by atoms with E-state index in [2.05, 4.69) is 31.2 Å². The van der Waals surface area contributed by atoms with Crippen molar-refractivity contribution in [2.24, 2.45) is 5.92 Å². The van der Waals surface area contributed by atoms with Gasteiger partial charge in [0.1, 0.15) is 0 Å². The summed E-state index contributed by atoms with van der Waals surface area (Å²) in [6.07, 6.45) is 3.42. The standard InChI is InChI=1S/C14H14BrN3O2/c1-9(13(19)20)6-16-14-17-7-11(8-18-14)10-3-2-4-12(15)5-10/h2-5,7-9H,6H2,1H3,(H,19,20)(H,16,17,18). The molecule has 1 aromatic carbocycles. The molecule has 0 radical (unpaired) electrons. The topological polar surface area (TPSA) is 75.1 Å². The first-order valence-electron chi connectivity index (χ1n) is 6.11. The monoisotopic (exact) mass is 335 g/mol. The van der Waals surface area contributed by atoms with Crippen LogP contribution in [0.15, 0.2) is 41.1 Å². The van der Waals surface area contributed by atoms with Crippen LogP contribution in [0, 0.1) is 5.92 Å². The van der Waals surface area contributed by atoms with Crippen LogP contribution >= 0.6 is 15.9 Å². The van der Waals surface area contributed by atoms with Gasteiger partial charge in [-0.15, -0.1) is 0 Å². The van der Waals surface area contributed by atoms with Gasteiger partial charge in [-0.2, -0.15) is 0 Å². The third-order valence-electron chi connectivity index (χ3n) is 2.80. The van der Waals surface area contributed by atoms with Crippen LogP contribution in [0.4, 0.5) is 5.95 Å². The van der Waals surface area contributed by atoms with Crippen molar-refractivity contribution in [3.8, 4) is 11.1 Å². The predicted molar refractivity (Wildman–Crippen MR) is 80.5 cm³/mol. The molecule has 0 spiro atoms. The molecule has 2 rings (SSSR count). The molecule has 20 heavy (non-hydrogen) atoms. The highest BCUT2D eigenvalue weighted by Crippen LogP contribution is 2.21. The first-order chi connectivity index (χ1) is 9.56. The Balaban J connectivity index is 2.05. The third-order valence-corrected chi connectivity index (χ3v) is 3.29. The Hall–Kier alpha value is -1.95. The van der Waals surface area contributed by atoms with E-state index in [9.17, 15) is 4.79 Å². The zero-order valence-corrected chi connectivity index (χ0v) is 12.5. The minimum absolute atomic E-state index is 0.297. The zero-order chi connectivity index (χ0) is 14.5. The number of carboxylic acid groups (broad SMARTS) is 1. The second kappa shape index (κ2) is 6.47. The van der Waals surface area contributed by atoms with Crippen molar-refractivity contribution in [3.05, 3.63) is 41.1 Å². The smallest absolute Gasteiger partial charge is 0.308 e. The number of halogens is 1. The van der Waals surface area contributed by atoms with Crippen LogP contribution in [-0.2, 0) is 4.79 Å². The van der Waals surface area contributed by atoms with Crippen molar-refractivity contribution in [3.63, 3.8) is 0 Å². The molecule has 0 saturated heterocycles. The average molecular weight is 336 g/mol. The van der Waals surface area contributed by atoms with Gasteiger partial charge in [0.05, 0.1) is 5.92 Å². The molecule has 104 valence electrons. The number of rotatable bonds is 5. The van der Waals surface area contributed by atoms with Crippen LogP contribution in [0.2, 0.25) is 0 Å². The van der Waals surface area contributed by atoms with Crippen LogP contribution in [0.5, 0.6) is 0 Å². The molecular formula is C14H14BrN3O2. The molecule has 2 aromatic rings. The van der Waals surface area contributed by atoms with Gasteiger partial charge in [-0.1, -0.05) is 35.0 Å². The Morgan fingerprint density at radius 2 is 2.05 bits per heavy atom. The highest BCUT2D eigenvalue weighted by atomic mass is 79.9. The highest BCUT2D eigenvalue weighted by molar-refractivity contribution is 9.10. The molecule has 2 N–H and O–H groups in total. The minimum atomic E-state index is -0.844. The summed E-state index contributed by atoms with van der Waals surface area (Å²) in [5, 5.41) is 11.7. The van der Waals surface area contributed by atoms with Gasteiger partial charge in [-0.3, -0.25) is 4.79 Å². The van der Waals surface area contributed by atoms with Gasteiger partial charge in [-0.25, -0.2) is 9.97 Å². The van der Waals surface area contributed by atoms with E-state index in [1.54, 1.807) is 19.3 Å². The van der Waals surface area contributed by atoms with Crippen molar-refractivity contribution >= 4 is 27.8 Å². The van der Waals surface area contributed by atoms with Gasteiger partial charge in [-0.05, 0) is 17.7 Å². The molecule has 0 aliphatic carbocycles. The molecule has 1 heterocycles. The largest absolute Gasteiger partial charge is 0.481 e. The predicted octanol–water partition coefficient (Wildman–Crippen LogP) is 3.04. The van der Waals surface area contributed by atoms with E-state index in [4.69, 9.17) is 5.11 Å². The van der Waals surface area contributed by atoms with Crippen molar-refractivity contribution in [2.45, 2.75) is 6.92 Å². The maximum atomic E-state index is 10.7. The summed E-state index contributed by atoms with van der Waals surface area (Å²) in [6.45, 7) is 1.93. The highest BCUT2D eigenvalue weighted by Gasteiger charge is 2.10. The summed E-state index contributed by atoms with van der Waals surface area (Å²) in [6, 6.07) is 7.86. The first kappa shape index (κ1) is 14.5.